The SMILES string of the molecule is CCc1ccc(-c2nn(CC(C)C)cc2N)cc1. The van der Waals surface area contributed by atoms with Crippen LogP contribution in [0.2, 0.25) is 0 Å². The highest BCUT2D eigenvalue weighted by molar-refractivity contribution is 5.72. The van der Waals surface area contributed by atoms with Crippen LogP contribution in [0.1, 0.15) is 26.3 Å². The van der Waals surface area contributed by atoms with E-state index in [1.165, 1.54) is 5.56 Å². The zero-order valence-corrected chi connectivity index (χ0v) is 11.4. The number of nitrogens with zero attached hydrogens (tertiary/aromatic N) is 2. The molecule has 2 rings (SSSR count). The maximum Gasteiger partial charge on any atom is 0.115 e. The lowest BCUT2D eigenvalue weighted by molar-refractivity contribution is 0.484. The largest absolute Gasteiger partial charge is 0.396 e. The van der Waals surface area contributed by atoms with Gasteiger partial charge in [-0.1, -0.05) is 45.0 Å². The lowest BCUT2D eigenvalue weighted by Gasteiger charge is -2.04. The molecule has 2 N–H and O–H groups in total. The summed E-state index contributed by atoms with van der Waals surface area (Å²) in [7, 11) is 0. The molecular weight excluding hydrogens is 222 g/mol. The summed E-state index contributed by atoms with van der Waals surface area (Å²) in [6, 6.07) is 8.46. The maximum atomic E-state index is 6.04. The number of benzene rings is 1. The van der Waals surface area contributed by atoms with E-state index < -0.39 is 0 Å². The molecule has 0 spiro atoms. The Labute approximate surface area is 109 Å². The molecule has 0 aliphatic carbocycles. The smallest absolute Gasteiger partial charge is 0.115 e. The van der Waals surface area contributed by atoms with Crippen molar-refractivity contribution in [2.45, 2.75) is 33.7 Å². The highest BCUT2D eigenvalue weighted by Crippen LogP contribution is 2.24. The molecule has 1 aromatic heterocycles. The van der Waals surface area contributed by atoms with Gasteiger partial charge in [-0.3, -0.25) is 4.68 Å². The van der Waals surface area contributed by atoms with E-state index in [2.05, 4.69) is 50.1 Å². The third-order valence-corrected chi connectivity index (χ3v) is 2.98. The Morgan fingerprint density at radius 1 is 1.22 bits per heavy atom. The molecule has 0 bridgehead atoms. The van der Waals surface area contributed by atoms with Gasteiger partial charge in [0.2, 0.25) is 0 Å². The van der Waals surface area contributed by atoms with Crippen molar-refractivity contribution in [3.63, 3.8) is 0 Å². The van der Waals surface area contributed by atoms with Crippen LogP contribution in [0, 0.1) is 5.92 Å². The lowest BCUT2D eigenvalue weighted by Crippen LogP contribution is -2.04. The van der Waals surface area contributed by atoms with Crippen LogP contribution in [0.3, 0.4) is 0 Å². The van der Waals surface area contributed by atoms with Crippen LogP contribution in [-0.4, -0.2) is 9.78 Å². The Morgan fingerprint density at radius 3 is 2.44 bits per heavy atom. The molecule has 0 unspecified atom stereocenters. The van der Waals surface area contributed by atoms with Crippen molar-refractivity contribution >= 4 is 5.69 Å². The Kier molecular flexibility index (Phi) is 3.70. The third kappa shape index (κ3) is 2.73. The first-order chi connectivity index (χ1) is 8.60. The second-order valence-corrected chi connectivity index (χ2v) is 5.10. The second kappa shape index (κ2) is 5.25. The number of anilines is 1. The minimum absolute atomic E-state index is 0.569. The van der Waals surface area contributed by atoms with E-state index in [1.54, 1.807) is 0 Å². The van der Waals surface area contributed by atoms with E-state index >= 15 is 0 Å². The Balaban J connectivity index is 2.29. The fraction of sp³-hybridized carbons (Fsp3) is 0.400. The fourth-order valence-electron chi connectivity index (χ4n) is 2.03. The van der Waals surface area contributed by atoms with Gasteiger partial charge < -0.3 is 5.73 Å². The summed E-state index contributed by atoms with van der Waals surface area (Å²) in [6.07, 6.45) is 2.97. The molecular formula is C15H21N3. The Bertz CT molecular complexity index is 509. The fourth-order valence-corrected chi connectivity index (χ4v) is 2.03. The monoisotopic (exact) mass is 243 g/mol. The van der Waals surface area contributed by atoms with Crippen molar-refractivity contribution in [1.82, 2.24) is 9.78 Å². The molecule has 0 radical (unpaired) electrons. The molecule has 0 fully saturated rings. The van der Waals surface area contributed by atoms with E-state index in [9.17, 15) is 0 Å². The van der Waals surface area contributed by atoms with E-state index in [0.29, 0.717) is 5.92 Å². The van der Waals surface area contributed by atoms with Crippen molar-refractivity contribution in [2.24, 2.45) is 5.92 Å². The molecule has 3 heteroatoms. The molecule has 0 saturated carbocycles. The Hall–Kier alpha value is -1.77. The third-order valence-electron chi connectivity index (χ3n) is 2.98. The average Bonchev–Trinajstić information content (AvgIpc) is 2.69. The van der Waals surface area contributed by atoms with Gasteiger partial charge in [-0.05, 0) is 17.9 Å². The highest BCUT2D eigenvalue weighted by Gasteiger charge is 2.09. The van der Waals surface area contributed by atoms with Gasteiger partial charge in [0.05, 0.1) is 5.69 Å². The van der Waals surface area contributed by atoms with Gasteiger partial charge in [0, 0.05) is 18.3 Å². The van der Waals surface area contributed by atoms with Gasteiger partial charge in [0.25, 0.3) is 0 Å². The van der Waals surface area contributed by atoms with Gasteiger partial charge in [-0.2, -0.15) is 5.10 Å². The summed E-state index contributed by atoms with van der Waals surface area (Å²) >= 11 is 0. The minimum atomic E-state index is 0.569. The van der Waals surface area contributed by atoms with Crippen LogP contribution in [-0.2, 0) is 13.0 Å². The van der Waals surface area contributed by atoms with Crippen LogP contribution in [0.25, 0.3) is 11.3 Å². The first kappa shape index (κ1) is 12.7. The standard InChI is InChI=1S/C15H21N3/c1-4-12-5-7-13(8-6-12)15-14(16)10-18(17-15)9-11(2)3/h5-8,10-11H,4,9,16H2,1-3H3. The Morgan fingerprint density at radius 2 is 1.89 bits per heavy atom. The molecule has 0 saturated heterocycles. The lowest BCUT2D eigenvalue weighted by atomic mass is 10.1. The van der Waals surface area contributed by atoms with Crippen molar-refractivity contribution < 1.29 is 0 Å². The minimum Gasteiger partial charge on any atom is -0.396 e. The summed E-state index contributed by atoms with van der Waals surface area (Å²) in [5, 5.41) is 4.57. The van der Waals surface area contributed by atoms with Crippen molar-refractivity contribution in [1.29, 1.82) is 0 Å². The number of hydrogen-bond donors (Lipinski definition) is 1. The predicted molar refractivity (Wildman–Crippen MR) is 76.3 cm³/mol. The predicted octanol–water partition coefficient (Wildman–Crippen LogP) is 3.35. The van der Waals surface area contributed by atoms with Gasteiger partial charge in [0.15, 0.2) is 0 Å². The van der Waals surface area contributed by atoms with Crippen LogP contribution in [0.15, 0.2) is 30.5 Å². The van der Waals surface area contributed by atoms with Gasteiger partial charge >= 0.3 is 0 Å². The molecule has 0 amide bonds. The van der Waals surface area contributed by atoms with E-state index in [0.717, 1.165) is 29.9 Å². The molecule has 1 heterocycles. The number of nitrogens with two attached hydrogens (primary N) is 1. The van der Waals surface area contributed by atoms with Crippen LogP contribution in [0.4, 0.5) is 5.69 Å². The highest BCUT2D eigenvalue weighted by atomic mass is 15.3. The molecule has 0 aliphatic rings. The quantitative estimate of drug-likeness (QED) is 0.895. The van der Waals surface area contributed by atoms with Crippen molar-refractivity contribution in [3.05, 3.63) is 36.0 Å². The number of rotatable bonds is 4. The number of aryl methyl sites for hydroxylation is 1. The van der Waals surface area contributed by atoms with Crippen LogP contribution in [0.5, 0.6) is 0 Å². The first-order valence-corrected chi connectivity index (χ1v) is 6.52. The number of nitrogen functional groups attached to an aromatic ring is 1. The van der Waals surface area contributed by atoms with Crippen LogP contribution < -0.4 is 5.73 Å². The van der Waals surface area contributed by atoms with Crippen LogP contribution >= 0.6 is 0 Å². The van der Waals surface area contributed by atoms with E-state index in [1.807, 2.05) is 10.9 Å². The summed E-state index contributed by atoms with van der Waals surface area (Å²) in [5.41, 5.74) is 10.1. The van der Waals surface area contributed by atoms with E-state index in [4.69, 9.17) is 5.73 Å². The maximum absolute atomic E-state index is 6.04. The summed E-state index contributed by atoms with van der Waals surface area (Å²) in [6.45, 7) is 7.40. The van der Waals surface area contributed by atoms with E-state index in [-0.39, 0.29) is 0 Å². The topological polar surface area (TPSA) is 43.8 Å². The summed E-state index contributed by atoms with van der Waals surface area (Å²) in [4.78, 5) is 0. The molecule has 1 aromatic carbocycles. The summed E-state index contributed by atoms with van der Waals surface area (Å²) < 4.78 is 1.93. The summed E-state index contributed by atoms with van der Waals surface area (Å²) in [5.74, 6) is 0.569. The average molecular weight is 243 g/mol. The zero-order valence-electron chi connectivity index (χ0n) is 11.4. The molecule has 96 valence electrons. The van der Waals surface area contributed by atoms with Gasteiger partial charge in [-0.15, -0.1) is 0 Å². The first-order valence-electron chi connectivity index (χ1n) is 6.52. The molecule has 2 aromatic rings. The second-order valence-electron chi connectivity index (χ2n) is 5.10. The van der Waals surface area contributed by atoms with Gasteiger partial charge in [-0.25, -0.2) is 0 Å². The molecule has 0 atom stereocenters. The molecule has 0 aliphatic heterocycles. The number of hydrogen-bond acceptors (Lipinski definition) is 2. The van der Waals surface area contributed by atoms with Gasteiger partial charge in [0.1, 0.15) is 5.69 Å². The normalized spacial score (nSPS) is 11.1. The molecule has 3 nitrogen and oxygen atoms in total. The van der Waals surface area contributed by atoms with Crippen molar-refractivity contribution in [3.8, 4) is 11.3 Å². The molecule has 18 heavy (non-hydrogen) atoms. The van der Waals surface area contributed by atoms with Crippen molar-refractivity contribution in [2.75, 3.05) is 5.73 Å². The number of aromatic nitrogens is 2. The zero-order chi connectivity index (χ0) is 13.1.